The van der Waals surface area contributed by atoms with Gasteiger partial charge >= 0.3 is 5.97 Å². The van der Waals surface area contributed by atoms with Crippen molar-refractivity contribution in [3.8, 4) is 0 Å². The van der Waals surface area contributed by atoms with Crippen LogP contribution in [0.15, 0.2) is 22.7 Å². The Bertz CT molecular complexity index is 439. The molecule has 1 aliphatic heterocycles. The molecule has 1 saturated heterocycles. The van der Waals surface area contributed by atoms with E-state index in [4.69, 9.17) is 5.11 Å². The summed E-state index contributed by atoms with van der Waals surface area (Å²) in [5.74, 6) is 0.139. The van der Waals surface area contributed by atoms with Crippen molar-refractivity contribution >= 4 is 39.3 Å². The van der Waals surface area contributed by atoms with Gasteiger partial charge in [-0.2, -0.15) is 0 Å². The molecule has 1 aromatic rings. The maximum absolute atomic E-state index is 11.0. The second-order valence-corrected chi connectivity index (χ2v) is 6.26. The minimum Gasteiger partial charge on any atom is -0.480 e. The molecule has 5 heteroatoms. The molecular formula is C12H14BrNO2S. The van der Waals surface area contributed by atoms with Crippen molar-refractivity contribution in [2.45, 2.75) is 12.2 Å². The lowest BCUT2D eigenvalue weighted by molar-refractivity contribution is -0.136. The van der Waals surface area contributed by atoms with Crippen molar-refractivity contribution in [2.75, 3.05) is 23.7 Å². The van der Waals surface area contributed by atoms with Gasteiger partial charge in [0.05, 0.1) is 5.69 Å². The van der Waals surface area contributed by atoms with Crippen LogP contribution in [0.4, 0.5) is 5.69 Å². The summed E-state index contributed by atoms with van der Waals surface area (Å²) in [6, 6.07) is 6.17. The number of nitrogens with zero attached hydrogens (tertiary/aromatic N) is 1. The van der Waals surface area contributed by atoms with Crippen LogP contribution in [0.5, 0.6) is 0 Å². The van der Waals surface area contributed by atoms with E-state index in [1.807, 2.05) is 13.0 Å². The van der Waals surface area contributed by atoms with Crippen LogP contribution in [0.1, 0.15) is 5.56 Å². The summed E-state index contributed by atoms with van der Waals surface area (Å²) in [4.78, 5) is 13.1. The van der Waals surface area contributed by atoms with Crippen molar-refractivity contribution < 1.29 is 9.90 Å². The van der Waals surface area contributed by atoms with E-state index in [-0.39, 0.29) is 5.25 Å². The molecule has 1 atom stereocenters. The lowest BCUT2D eigenvalue weighted by Crippen LogP contribution is -2.41. The van der Waals surface area contributed by atoms with Gasteiger partial charge in [0.25, 0.3) is 0 Å². The number of carboxylic acid groups (broad SMARTS) is 1. The van der Waals surface area contributed by atoms with Gasteiger partial charge in [-0.1, -0.05) is 6.07 Å². The summed E-state index contributed by atoms with van der Waals surface area (Å²) in [5, 5.41) is 8.73. The first kappa shape index (κ1) is 12.8. The van der Waals surface area contributed by atoms with Crippen LogP contribution in [0, 0.1) is 6.92 Å². The summed E-state index contributed by atoms with van der Waals surface area (Å²) in [6.07, 6.45) is 0. The fourth-order valence-electron chi connectivity index (χ4n) is 1.89. The van der Waals surface area contributed by atoms with Crippen LogP contribution in [0.2, 0.25) is 0 Å². The van der Waals surface area contributed by atoms with E-state index in [1.54, 1.807) is 0 Å². The van der Waals surface area contributed by atoms with Gasteiger partial charge in [0.15, 0.2) is 0 Å². The number of carbonyl (C=O) groups is 1. The van der Waals surface area contributed by atoms with Gasteiger partial charge in [-0.25, -0.2) is 0 Å². The molecule has 0 saturated carbocycles. The zero-order valence-corrected chi connectivity index (χ0v) is 11.9. The largest absolute Gasteiger partial charge is 0.480 e. The van der Waals surface area contributed by atoms with Gasteiger partial charge in [0.2, 0.25) is 0 Å². The molecule has 1 aliphatic rings. The zero-order valence-electron chi connectivity index (χ0n) is 9.52. The van der Waals surface area contributed by atoms with Crippen LogP contribution >= 0.6 is 27.7 Å². The molecule has 0 spiro atoms. The molecule has 1 heterocycles. The molecule has 1 fully saturated rings. The van der Waals surface area contributed by atoms with Gasteiger partial charge < -0.3 is 10.0 Å². The predicted octanol–water partition coefficient (Wildman–Crippen LogP) is 2.76. The molecule has 0 aliphatic carbocycles. The predicted molar refractivity (Wildman–Crippen MR) is 75.0 cm³/mol. The first-order valence-corrected chi connectivity index (χ1v) is 7.27. The lowest BCUT2D eigenvalue weighted by atomic mass is 10.2. The maximum Gasteiger partial charge on any atom is 0.318 e. The first-order valence-electron chi connectivity index (χ1n) is 5.43. The highest BCUT2D eigenvalue weighted by molar-refractivity contribution is 9.10. The van der Waals surface area contributed by atoms with E-state index < -0.39 is 5.97 Å². The highest BCUT2D eigenvalue weighted by Gasteiger charge is 2.26. The molecule has 0 amide bonds. The highest BCUT2D eigenvalue weighted by atomic mass is 79.9. The molecule has 1 N–H and O–H groups in total. The maximum atomic E-state index is 11.0. The van der Waals surface area contributed by atoms with E-state index in [9.17, 15) is 4.79 Å². The van der Waals surface area contributed by atoms with Gasteiger partial charge in [-0.3, -0.25) is 4.79 Å². The van der Waals surface area contributed by atoms with E-state index in [0.29, 0.717) is 6.54 Å². The molecule has 17 heavy (non-hydrogen) atoms. The second-order valence-electron chi connectivity index (χ2n) is 4.10. The summed E-state index contributed by atoms with van der Waals surface area (Å²) < 4.78 is 1.04. The van der Waals surface area contributed by atoms with Gasteiger partial charge in [-0.05, 0) is 40.5 Å². The van der Waals surface area contributed by atoms with Crippen molar-refractivity contribution in [3.63, 3.8) is 0 Å². The second kappa shape index (κ2) is 5.31. The van der Waals surface area contributed by atoms with Gasteiger partial charge in [0, 0.05) is 23.3 Å². The Kier molecular flexibility index (Phi) is 3.99. The number of hydrogen-bond acceptors (Lipinski definition) is 3. The number of anilines is 1. The minimum absolute atomic E-state index is 0.322. The lowest BCUT2D eigenvalue weighted by Gasteiger charge is -2.32. The third kappa shape index (κ3) is 2.96. The SMILES string of the molecule is Cc1ccc(N2CCSC(C(=O)O)C2)c(Br)c1. The number of carboxylic acids is 1. The molecular weight excluding hydrogens is 302 g/mol. The average Bonchev–Trinajstić information content (AvgIpc) is 2.29. The van der Waals surface area contributed by atoms with Gasteiger partial charge in [-0.15, -0.1) is 11.8 Å². The Balaban J connectivity index is 2.19. The quantitative estimate of drug-likeness (QED) is 0.911. The fraction of sp³-hybridized carbons (Fsp3) is 0.417. The average molecular weight is 316 g/mol. The Morgan fingerprint density at radius 1 is 1.59 bits per heavy atom. The monoisotopic (exact) mass is 315 g/mol. The topological polar surface area (TPSA) is 40.5 Å². The number of aryl methyl sites for hydroxylation is 1. The Labute approximate surface area is 113 Å². The van der Waals surface area contributed by atoms with Crippen LogP contribution in [0.25, 0.3) is 0 Å². The Morgan fingerprint density at radius 3 is 3.00 bits per heavy atom. The molecule has 2 rings (SSSR count). The number of hydrogen-bond donors (Lipinski definition) is 1. The van der Waals surface area contributed by atoms with Crippen LogP contribution < -0.4 is 4.90 Å². The minimum atomic E-state index is -0.720. The van der Waals surface area contributed by atoms with Crippen LogP contribution in [-0.4, -0.2) is 35.2 Å². The molecule has 0 aromatic heterocycles. The molecule has 1 aromatic carbocycles. The Hall–Kier alpha value is -0.680. The van der Waals surface area contributed by atoms with Crippen LogP contribution in [0.3, 0.4) is 0 Å². The first-order chi connectivity index (χ1) is 8.08. The highest BCUT2D eigenvalue weighted by Crippen LogP contribution is 2.31. The van der Waals surface area contributed by atoms with Crippen molar-refractivity contribution in [2.24, 2.45) is 0 Å². The van der Waals surface area contributed by atoms with E-state index in [1.165, 1.54) is 17.3 Å². The van der Waals surface area contributed by atoms with E-state index >= 15 is 0 Å². The van der Waals surface area contributed by atoms with E-state index in [2.05, 4.69) is 33.0 Å². The third-order valence-corrected chi connectivity index (χ3v) is 4.59. The van der Waals surface area contributed by atoms with E-state index in [0.717, 1.165) is 22.5 Å². The number of rotatable bonds is 2. The smallest absolute Gasteiger partial charge is 0.318 e. The number of aliphatic carboxylic acids is 1. The summed E-state index contributed by atoms with van der Waals surface area (Å²) in [7, 11) is 0. The summed E-state index contributed by atoms with van der Waals surface area (Å²) in [6.45, 7) is 3.51. The molecule has 1 unspecified atom stereocenters. The number of benzene rings is 1. The standard InChI is InChI=1S/C12H14BrNO2S/c1-8-2-3-10(9(13)6-8)14-4-5-17-11(7-14)12(15)16/h2-3,6,11H,4-5,7H2,1H3,(H,15,16). The summed E-state index contributed by atoms with van der Waals surface area (Å²) in [5.41, 5.74) is 2.28. The molecule has 0 radical (unpaired) electrons. The molecule has 92 valence electrons. The van der Waals surface area contributed by atoms with Gasteiger partial charge in [0.1, 0.15) is 5.25 Å². The molecule has 0 bridgehead atoms. The van der Waals surface area contributed by atoms with Crippen molar-refractivity contribution in [3.05, 3.63) is 28.2 Å². The number of halogens is 1. The van der Waals surface area contributed by atoms with Crippen molar-refractivity contribution in [1.82, 2.24) is 0 Å². The zero-order chi connectivity index (χ0) is 12.4. The summed E-state index contributed by atoms with van der Waals surface area (Å²) >= 11 is 5.07. The van der Waals surface area contributed by atoms with Crippen molar-refractivity contribution in [1.29, 1.82) is 0 Å². The fourth-order valence-corrected chi connectivity index (χ4v) is 3.67. The third-order valence-electron chi connectivity index (χ3n) is 2.79. The van der Waals surface area contributed by atoms with Crippen LogP contribution in [-0.2, 0) is 4.79 Å². The molecule has 3 nitrogen and oxygen atoms in total. The Morgan fingerprint density at radius 2 is 2.35 bits per heavy atom. The normalized spacial score (nSPS) is 20.4. The number of thioether (sulfide) groups is 1.